The van der Waals surface area contributed by atoms with Crippen LogP contribution in [0.1, 0.15) is 29.2 Å². The highest BCUT2D eigenvalue weighted by Gasteiger charge is 2.24. The first kappa shape index (κ1) is 21.3. The second-order valence-electron chi connectivity index (χ2n) is 7.26. The number of rotatable bonds is 7. The summed E-state index contributed by atoms with van der Waals surface area (Å²) in [5, 5.41) is 0. The van der Waals surface area contributed by atoms with Crippen molar-refractivity contribution in [2.75, 3.05) is 6.61 Å². The molecule has 0 radical (unpaired) electrons. The van der Waals surface area contributed by atoms with Crippen molar-refractivity contribution >= 4 is 17.9 Å². The van der Waals surface area contributed by atoms with Gasteiger partial charge in [-0.2, -0.15) is 0 Å². The Balaban J connectivity index is 1.55. The number of benzene rings is 3. The fraction of sp³-hybridized carbons (Fsp3) is 0.154. The van der Waals surface area contributed by atoms with Gasteiger partial charge < -0.3 is 14.2 Å². The molecule has 0 spiro atoms. The van der Waals surface area contributed by atoms with Crippen molar-refractivity contribution in [1.82, 2.24) is 0 Å². The number of ether oxygens (including phenoxy) is 3. The molecule has 5 nitrogen and oxygen atoms in total. The third-order valence-electron chi connectivity index (χ3n) is 4.76. The molecule has 0 atom stereocenters. The number of cyclic esters (lactones) is 1. The Morgan fingerprint density at radius 1 is 1.00 bits per heavy atom. The maximum Gasteiger partial charge on any atom is 0.363 e. The largest absolute Gasteiger partial charge is 0.490 e. The van der Waals surface area contributed by atoms with E-state index in [1.807, 2.05) is 38.1 Å². The second kappa shape index (κ2) is 9.47. The SMILES string of the molecule is CCOc1cc(/C=C2\N=C(c3ccc(F)cc3)OC2=O)ccc1OCc1cccc(C)c1. The lowest BCUT2D eigenvalue weighted by molar-refractivity contribution is -0.129. The lowest BCUT2D eigenvalue weighted by Crippen LogP contribution is -2.05. The second-order valence-corrected chi connectivity index (χ2v) is 7.26. The van der Waals surface area contributed by atoms with E-state index in [1.165, 1.54) is 29.8 Å². The van der Waals surface area contributed by atoms with E-state index < -0.39 is 5.97 Å². The highest BCUT2D eigenvalue weighted by Crippen LogP contribution is 2.31. The average Bonchev–Trinajstić information content (AvgIpc) is 3.14. The predicted octanol–water partition coefficient (Wildman–Crippen LogP) is 5.46. The van der Waals surface area contributed by atoms with Crippen LogP contribution in [0.5, 0.6) is 11.5 Å². The van der Waals surface area contributed by atoms with Crippen molar-refractivity contribution in [2.24, 2.45) is 4.99 Å². The molecule has 0 saturated carbocycles. The summed E-state index contributed by atoms with van der Waals surface area (Å²) in [6.07, 6.45) is 1.62. The number of aryl methyl sites for hydroxylation is 1. The third kappa shape index (κ3) is 5.03. The van der Waals surface area contributed by atoms with Crippen LogP contribution in [0.25, 0.3) is 6.08 Å². The lowest BCUT2D eigenvalue weighted by atomic mass is 10.1. The maximum atomic E-state index is 13.1. The van der Waals surface area contributed by atoms with Crippen molar-refractivity contribution in [1.29, 1.82) is 0 Å². The molecule has 3 aromatic carbocycles. The van der Waals surface area contributed by atoms with Gasteiger partial charge >= 0.3 is 5.97 Å². The number of nitrogens with zero attached hydrogens (tertiary/aromatic N) is 1. The smallest absolute Gasteiger partial charge is 0.363 e. The van der Waals surface area contributed by atoms with Crippen molar-refractivity contribution in [3.63, 3.8) is 0 Å². The normalized spacial score (nSPS) is 14.3. The molecule has 1 aliphatic heterocycles. The molecule has 4 rings (SSSR count). The molecular formula is C26H22FNO4. The first-order valence-corrected chi connectivity index (χ1v) is 10.3. The fourth-order valence-electron chi connectivity index (χ4n) is 3.25. The summed E-state index contributed by atoms with van der Waals surface area (Å²) < 4.78 is 30.1. The van der Waals surface area contributed by atoms with E-state index in [-0.39, 0.29) is 17.4 Å². The van der Waals surface area contributed by atoms with E-state index >= 15 is 0 Å². The van der Waals surface area contributed by atoms with Crippen LogP contribution >= 0.6 is 0 Å². The Morgan fingerprint density at radius 2 is 1.81 bits per heavy atom. The predicted molar refractivity (Wildman–Crippen MR) is 120 cm³/mol. The van der Waals surface area contributed by atoms with Gasteiger partial charge in [0.05, 0.1) is 6.61 Å². The molecule has 3 aromatic rings. The molecule has 0 amide bonds. The molecular weight excluding hydrogens is 409 g/mol. The Kier molecular flexibility index (Phi) is 6.31. The zero-order chi connectivity index (χ0) is 22.5. The quantitative estimate of drug-likeness (QED) is 0.368. The van der Waals surface area contributed by atoms with Gasteiger partial charge in [0, 0.05) is 5.56 Å². The molecule has 0 bridgehead atoms. The molecule has 0 saturated heterocycles. The Bertz CT molecular complexity index is 1200. The minimum atomic E-state index is -0.568. The van der Waals surface area contributed by atoms with Crippen LogP contribution in [-0.4, -0.2) is 18.5 Å². The Labute approximate surface area is 185 Å². The van der Waals surface area contributed by atoms with Gasteiger partial charge in [-0.25, -0.2) is 14.2 Å². The summed E-state index contributed by atoms with van der Waals surface area (Å²) in [5.41, 5.74) is 3.63. The van der Waals surface area contributed by atoms with Crippen LogP contribution in [0.15, 0.2) is 77.4 Å². The molecule has 32 heavy (non-hydrogen) atoms. The Morgan fingerprint density at radius 3 is 2.56 bits per heavy atom. The lowest BCUT2D eigenvalue weighted by Gasteiger charge is -2.13. The molecule has 0 aliphatic carbocycles. The van der Waals surface area contributed by atoms with Gasteiger partial charge in [0.15, 0.2) is 17.2 Å². The van der Waals surface area contributed by atoms with Crippen LogP contribution in [0.4, 0.5) is 4.39 Å². The number of carbonyl (C=O) groups is 1. The van der Waals surface area contributed by atoms with Crippen molar-refractivity contribution in [3.05, 3.63) is 100 Å². The monoisotopic (exact) mass is 431 g/mol. The molecule has 6 heteroatoms. The van der Waals surface area contributed by atoms with Gasteiger partial charge in [-0.15, -0.1) is 0 Å². The number of hydrogen-bond donors (Lipinski definition) is 0. The summed E-state index contributed by atoms with van der Waals surface area (Å²) in [7, 11) is 0. The number of esters is 1. The molecule has 1 aliphatic rings. The minimum Gasteiger partial charge on any atom is -0.490 e. The number of carbonyl (C=O) groups excluding carboxylic acids is 1. The van der Waals surface area contributed by atoms with Gasteiger partial charge in [0.1, 0.15) is 12.4 Å². The van der Waals surface area contributed by atoms with E-state index in [2.05, 4.69) is 11.1 Å². The van der Waals surface area contributed by atoms with Gasteiger partial charge in [-0.05, 0) is 67.4 Å². The molecule has 0 unspecified atom stereocenters. The summed E-state index contributed by atoms with van der Waals surface area (Å²) in [6, 6.07) is 19.1. The highest BCUT2D eigenvalue weighted by atomic mass is 19.1. The summed E-state index contributed by atoms with van der Waals surface area (Å²) in [5.74, 6) is 0.387. The fourth-order valence-corrected chi connectivity index (χ4v) is 3.25. The maximum absolute atomic E-state index is 13.1. The molecule has 0 aromatic heterocycles. The van der Waals surface area contributed by atoms with Gasteiger partial charge in [-0.3, -0.25) is 0 Å². The first-order chi connectivity index (χ1) is 15.5. The van der Waals surface area contributed by atoms with Gasteiger partial charge in [0.2, 0.25) is 5.90 Å². The number of halogens is 1. The average molecular weight is 431 g/mol. The standard InChI is InChI=1S/C26H22FNO4/c1-3-30-24-15-18(7-12-23(24)31-16-19-6-4-5-17(2)13-19)14-22-26(29)32-25(28-22)20-8-10-21(27)11-9-20/h4-15H,3,16H2,1-2H3/b22-14-. The van der Waals surface area contributed by atoms with E-state index in [0.29, 0.717) is 35.8 Å². The topological polar surface area (TPSA) is 57.1 Å². The zero-order valence-electron chi connectivity index (χ0n) is 17.8. The summed E-state index contributed by atoms with van der Waals surface area (Å²) in [6.45, 7) is 4.81. The Hall–Kier alpha value is -3.93. The third-order valence-corrected chi connectivity index (χ3v) is 4.76. The van der Waals surface area contributed by atoms with E-state index in [0.717, 1.165) is 5.56 Å². The van der Waals surface area contributed by atoms with Gasteiger partial charge in [-0.1, -0.05) is 35.9 Å². The molecule has 0 N–H and O–H groups in total. The van der Waals surface area contributed by atoms with Crippen LogP contribution in [0.3, 0.4) is 0 Å². The molecule has 162 valence electrons. The van der Waals surface area contributed by atoms with Crippen LogP contribution in [-0.2, 0) is 16.1 Å². The molecule has 0 fully saturated rings. The molecule has 1 heterocycles. The van der Waals surface area contributed by atoms with Crippen LogP contribution in [0, 0.1) is 12.7 Å². The van der Waals surface area contributed by atoms with Crippen LogP contribution < -0.4 is 9.47 Å². The zero-order valence-corrected chi connectivity index (χ0v) is 17.8. The summed E-state index contributed by atoms with van der Waals surface area (Å²) >= 11 is 0. The first-order valence-electron chi connectivity index (χ1n) is 10.3. The van der Waals surface area contributed by atoms with Gasteiger partial charge in [0.25, 0.3) is 0 Å². The highest BCUT2D eigenvalue weighted by molar-refractivity contribution is 6.12. The van der Waals surface area contributed by atoms with E-state index in [9.17, 15) is 9.18 Å². The van der Waals surface area contributed by atoms with Crippen LogP contribution in [0.2, 0.25) is 0 Å². The number of hydrogen-bond acceptors (Lipinski definition) is 5. The number of aliphatic imine (C=N–C) groups is 1. The summed E-state index contributed by atoms with van der Waals surface area (Å²) in [4.78, 5) is 16.5. The van der Waals surface area contributed by atoms with E-state index in [4.69, 9.17) is 14.2 Å². The minimum absolute atomic E-state index is 0.143. The van der Waals surface area contributed by atoms with E-state index in [1.54, 1.807) is 18.2 Å². The van der Waals surface area contributed by atoms with Crippen molar-refractivity contribution < 1.29 is 23.4 Å². The van der Waals surface area contributed by atoms with Crippen molar-refractivity contribution in [2.45, 2.75) is 20.5 Å². The van der Waals surface area contributed by atoms with Crippen molar-refractivity contribution in [3.8, 4) is 11.5 Å².